The van der Waals surface area contributed by atoms with Crippen LogP contribution in [0.1, 0.15) is 28.4 Å². The third-order valence-electron chi connectivity index (χ3n) is 5.78. The van der Waals surface area contributed by atoms with Crippen molar-refractivity contribution in [2.24, 2.45) is 5.92 Å². The van der Waals surface area contributed by atoms with Gasteiger partial charge in [0.2, 0.25) is 15.9 Å². The maximum atomic E-state index is 13.2. The minimum atomic E-state index is -3.75. The predicted molar refractivity (Wildman–Crippen MR) is 120 cm³/mol. The van der Waals surface area contributed by atoms with Gasteiger partial charge in [-0.3, -0.25) is 9.59 Å². The Morgan fingerprint density at radius 1 is 1.09 bits per heavy atom. The van der Waals surface area contributed by atoms with Crippen molar-refractivity contribution in [1.29, 1.82) is 0 Å². The summed E-state index contributed by atoms with van der Waals surface area (Å²) in [6.07, 6.45) is 0.648. The Balaban J connectivity index is 1.59. The molecule has 2 aliphatic heterocycles. The molecule has 10 heteroatoms. The first-order valence-electron chi connectivity index (χ1n) is 10.1. The molecule has 2 aromatic carbocycles. The quantitative estimate of drug-likeness (QED) is 0.670. The Labute approximate surface area is 191 Å². The Bertz CT molecular complexity index is 1210. The monoisotopic (exact) mass is 478 g/mol. The molecule has 170 valence electrons. The fraction of sp³-hybridized carbons (Fsp3) is 0.364. The number of rotatable bonds is 4. The molecule has 0 aromatic heterocycles. The van der Waals surface area contributed by atoms with Gasteiger partial charge in [0.1, 0.15) is 0 Å². The zero-order valence-corrected chi connectivity index (χ0v) is 19.5. The lowest BCUT2D eigenvalue weighted by Gasteiger charge is -2.30. The first-order chi connectivity index (χ1) is 15.2. The molecule has 2 aliphatic rings. The number of carbonyl (C=O) groups is 2. The number of methoxy groups -OCH3 is 2. The van der Waals surface area contributed by atoms with Crippen LogP contribution in [-0.4, -0.2) is 51.6 Å². The summed E-state index contributed by atoms with van der Waals surface area (Å²) >= 11 is 6.37. The second-order valence-electron chi connectivity index (χ2n) is 7.90. The van der Waals surface area contributed by atoms with E-state index in [9.17, 15) is 18.0 Å². The first-order valence-corrected chi connectivity index (χ1v) is 12.0. The molecule has 32 heavy (non-hydrogen) atoms. The molecular weight excluding hydrogens is 456 g/mol. The maximum absolute atomic E-state index is 13.2. The summed E-state index contributed by atoms with van der Waals surface area (Å²) in [6, 6.07) is 8.05. The Morgan fingerprint density at radius 3 is 2.31 bits per heavy atom. The molecule has 8 nitrogen and oxygen atoms in total. The van der Waals surface area contributed by atoms with Crippen molar-refractivity contribution in [3.8, 4) is 11.5 Å². The summed E-state index contributed by atoms with van der Waals surface area (Å²) in [5.41, 5.74) is 2.43. The molecule has 1 atom stereocenters. The Morgan fingerprint density at radius 2 is 1.75 bits per heavy atom. The zero-order chi connectivity index (χ0) is 23.2. The molecule has 0 aliphatic carbocycles. The van der Waals surface area contributed by atoms with E-state index in [1.165, 1.54) is 18.2 Å². The van der Waals surface area contributed by atoms with Crippen LogP contribution in [0.25, 0.3) is 0 Å². The second kappa shape index (κ2) is 8.29. The lowest BCUT2D eigenvalue weighted by Crippen LogP contribution is -2.36. The summed E-state index contributed by atoms with van der Waals surface area (Å²) in [7, 11) is -0.609. The van der Waals surface area contributed by atoms with Crippen LogP contribution in [0.3, 0.4) is 0 Å². The highest BCUT2D eigenvalue weighted by Gasteiger charge is 2.42. The van der Waals surface area contributed by atoms with Gasteiger partial charge in [-0.25, -0.2) is 12.7 Å². The van der Waals surface area contributed by atoms with Crippen LogP contribution in [0.4, 0.5) is 5.69 Å². The van der Waals surface area contributed by atoms with Gasteiger partial charge in [-0.05, 0) is 47.9 Å². The molecule has 2 heterocycles. The van der Waals surface area contributed by atoms with Gasteiger partial charge < -0.3 is 14.4 Å². The van der Waals surface area contributed by atoms with E-state index in [4.69, 9.17) is 21.1 Å². The summed E-state index contributed by atoms with van der Waals surface area (Å²) in [5.74, 6) is -0.405. The van der Waals surface area contributed by atoms with Crippen LogP contribution >= 0.6 is 11.6 Å². The number of benzene rings is 2. The number of carbonyl (C=O) groups excluding carboxylic acids is 2. The van der Waals surface area contributed by atoms with Crippen molar-refractivity contribution in [2.45, 2.75) is 19.9 Å². The molecule has 0 saturated carbocycles. The number of nitrogens with zero attached hydrogens (tertiary/aromatic N) is 2. The van der Waals surface area contributed by atoms with Crippen LogP contribution in [0.2, 0.25) is 5.02 Å². The number of ether oxygens (including phenoxy) is 2. The van der Waals surface area contributed by atoms with Gasteiger partial charge in [0, 0.05) is 13.1 Å². The maximum Gasteiger partial charge on any atom is 0.255 e. The SMILES string of the molecule is COc1cc2c(cc1OC)CN(C(=O)c1ccc(N3C(=O)[C@@H](C)CS3(=O)=O)cc1Cl)CC2. The van der Waals surface area contributed by atoms with E-state index in [2.05, 4.69) is 0 Å². The number of hydrogen-bond acceptors (Lipinski definition) is 6. The van der Waals surface area contributed by atoms with Gasteiger partial charge in [0.05, 0.1) is 42.2 Å². The summed E-state index contributed by atoms with van der Waals surface area (Å²) < 4.78 is 36.2. The molecule has 4 rings (SSSR count). The molecule has 1 saturated heterocycles. The summed E-state index contributed by atoms with van der Waals surface area (Å²) in [4.78, 5) is 27.2. The van der Waals surface area contributed by atoms with Crippen molar-refractivity contribution in [3.63, 3.8) is 0 Å². The Hall–Kier alpha value is -2.78. The molecule has 0 bridgehead atoms. The number of sulfonamides is 1. The minimum absolute atomic E-state index is 0.0909. The highest BCUT2D eigenvalue weighted by molar-refractivity contribution is 7.94. The molecule has 2 aromatic rings. The predicted octanol–water partition coefficient (Wildman–Crippen LogP) is 2.87. The molecule has 0 spiro atoms. The number of halogens is 1. The normalized spacial score (nSPS) is 19.6. The van der Waals surface area contributed by atoms with E-state index in [1.807, 2.05) is 12.1 Å². The summed E-state index contributed by atoms with van der Waals surface area (Å²) in [5, 5.41) is 0.0909. The van der Waals surface area contributed by atoms with Crippen molar-refractivity contribution in [3.05, 3.63) is 52.0 Å². The first kappa shape index (κ1) is 22.4. The lowest BCUT2D eigenvalue weighted by atomic mass is 9.98. The largest absolute Gasteiger partial charge is 0.493 e. The average Bonchev–Trinajstić information content (AvgIpc) is 2.97. The van der Waals surface area contributed by atoms with Gasteiger partial charge in [-0.15, -0.1) is 0 Å². The van der Waals surface area contributed by atoms with Crippen molar-refractivity contribution < 1.29 is 27.5 Å². The molecule has 1 fully saturated rings. The fourth-order valence-electron chi connectivity index (χ4n) is 4.12. The third-order valence-corrected chi connectivity index (χ3v) is 7.96. The summed E-state index contributed by atoms with van der Waals surface area (Å²) in [6.45, 7) is 2.44. The average molecular weight is 479 g/mol. The smallest absolute Gasteiger partial charge is 0.255 e. The van der Waals surface area contributed by atoms with Crippen molar-refractivity contribution >= 4 is 39.1 Å². The van der Waals surface area contributed by atoms with E-state index in [1.54, 1.807) is 26.0 Å². The van der Waals surface area contributed by atoms with E-state index >= 15 is 0 Å². The van der Waals surface area contributed by atoms with Crippen molar-refractivity contribution in [2.75, 3.05) is 30.8 Å². The van der Waals surface area contributed by atoms with E-state index < -0.39 is 21.8 Å². The lowest BCUT2D eigenvalue weighted by molar-refractivity contribution is -0.119. The zero-order valence-electron chi connectivity index (χ0n) is 17.9. The number of fused-ring (bicyclic) bond motifs is 1. The standard InChI is InChI=1S/C22H23ClN2O6S/c1-13-12-32(28,29)25(21(13)26)16-4-5-17(18(23)10-16)22(27)24-7-6-14-8-19(30-2)20(31-3)9-15(14)11-24/h4-5,8-10,13H,6-7,11-12H2,1-3H3/t13-/m0/s1. The molecule has 0 unspecified atom stereocenters. The van der Waals surface area contributed by atoms with E-state index in [-0.39, 0.29) is 27.9 Å². The number of hydrogen-bond donors (Lipinski definition) is 0. The van der Waals surface area contributed by atoms with Gasteiger partial charge in [-0.1, -0.05) is 18.5 Å². The molecular formula is C22H23ClN2O6S. The van der Waals surface area contributed by atoms with E-state index in [0.29, 0.717) is 31.0 Å². The van der Waals surface area contributed by atoms with Gasteiger partial charge in [-0.2, -0.15) is 0 Å². The highest BCUT2D eigenvalue weighted by atomic mass is 35.5. The van der Waals surface area contributed by atoms with Gasteiger partial charge >= 0.3 is 0 Å². The van der Waals surface area contributed by atoms with Crippen LogP contribution in [0, 0.1) is 5.92 Å². The van der Waals surface area contributed by atoms with E-state index in [0.717, 1.165) is 15.4 Å². The highest BCUT2D eigenvalue weighted by Crippen LogP contribution is 2.35. The molecule has 2 amide bonds. The van der Waals surface area contributed by atoms with Gasteiger partial charge in [0.15, 0.2) is 11.5 Å². The van der Waals surface area contributed by atoms with Crippen LogP contribution in [-0.2, 0) is 27.8 Å². The number of amides is 2. The minimum Gasteiger partial charge on any atom is -0.493 e. The fourth-order valence-corrected chi connectivity index (χ4v) is 6.19. The molecule has 0 radical (unpaired) electrons. The van der Waals surface area contributed by atoms with Crippen LogP contribution in [0.5, 0.6) is 11.5 Å². The third kappa shape index (κ3) is 3.80. The second-order valence-corrected chi connectivity index (χ2v) is 10.2. The number of anilines is 1. The van der Waals surface area contributed by atoms with Crippen LogP contribution in [0.15, 0.2) is 30.3 Å². The van der Waals surface area contributed by atoms with Gasteiger partial charge in [0.25, 0.3) is 5.91 Å². The van der Waals surface area contributed by atoms with Crippen LogP contribution < -0.4 is 13.8 Å². The van der Waals surface area contributed by atoms with Crippen molar-refractivity contribution in [1.82, 2.24) is 4.90 Å². The topological polar surface area (TPSA) is 93.2 Å². The molecule has 0 N–H and O–H groups in total. The Kier molecular flexibility index (Phi) is 5.81.